The van der Waals surface area contributed by atoms with E-state index < -0.39 is 0 Å². The van der Waals surface area contributed by atoms with Crippen LogP contribution in [0.2, 0.25) is 0 Å². The predicted molar refractivity (Wildman–Crippen MR) is 78.8 cm³/mol. The third-order valence-corrected chi connectivity index (χ3v) is 3.66. The van der Waals surface area contributed by atoms with Crippen molar-refractivity contribution < 1.29 is 14.7 Å². The number of piperidine rings is 1. The minimum atomic E-state index is -0.232. The number of carbonyl (C=O) groups is 2. The number of aromatic hydroxyl groups is 1. The van der Waals surface area contributed by atoms with Gasteiger partial charge in [-0.15, -0.1) is 0 Å². The minimum absolute atomic E-state index is 0.0304. The Bertz CT molecular complexity index is 519. The smallest absolute Gasteiger partial charge is 0.257 e. The Balaban J connectivity index is 2.02. The summed E-state index contributed by atoms with van der Waals surface area (Å²) in [6.45, 7) is 1.83. The molecule has 1 aromatic carbocycles. The zero-order chi connectivity index (χ0) is 15.2. The van der Waals surface area contributed by atoms with Gasteiger partial charge in [0.1, 0.15) is 5.75 Å². The molecule has 4 N–H and O–H groups in total. The number of benzene rings is 1. The van der Waals surface area contributed by atoms with Crippen molar-refractivity contribution in [3.8, 4) is 5.75 Å². The Morgan fingerprint density at radius 3 is 2.86 bits per heavy atom. The van der Waals surface area contributed by atoms with E-state index in [0.717, 1.165) is 12.8 Å². The second-order valence-electron chi connectivity index (χ2n) is 5.19. The number of nitrogens with one attached hydrogen (secondary N) is 1. The van der Waals surface area contributed by atoms with Crippen LogP contribution in [0.15, 0.2) is 24.3 Å². The first kappa shape index (κ1) is 15.3. The van der Waals surface area contributed by atoms with Crippen molar-refractivity contribution in [2.45, 2.75) is 12.8 Å². The summed E-state index contributed by atoms with van der Waals surface area (Å²) < 4.78 is 0. The van der Waals surface area contributed by atoms with Crippen LogP contribution in [0.4, 0.5) is 0 Å². The highest BCUT2D eigenvalue weighted by Crippen LogP contribution is 2.22. The van der Waals surface area contributed by atoms with Crippen LogP contribution in [-0.4, -0.2) is 48.0 Å². The van der Waals surface area contributed by atoms with E-state index >= 15 is 0 Å². The molecule has 1 atom stereocenters. The Hall–Kier alpha value is -2.08. The van der Waals surface area contributed by atoms with Gasteiger partial charge in [0.2, 0.25) is 5.91 Å². The lowest BCUT2D eigenvalue weighted by Gasteiger charge is -2.32. The van der Waals surface area contributed by atoms with Gasteiger partial charge in [0.15, 0.2) is 0 Å². The zero-order valence-electron chi connectivity index (χ0n) is 11.9. The largest absolute Gasteiger partial charge is 0.507 e. The number of likely N-dealkylation sites (tertiary alicyclic amines) is 1. The fraction of sp³-hybridized carbons (Fsp3) is 0.467. The van der Waals surface area contributed by atoms with Gasteiger partial charge in [-0.05, 0) is 25.0 Å². The van der Waals surface area contributed by atoms with Crippen LogP contribution in [0.5, 0.6) is 5.75 Å². The Kier molecular flexibility index (Phi) is 5.16. The van der Waals surface area contributed by atoms with Crippen molar-refractivity contribution in [2.75, 3.05) is 26.2 Å². The number of nitrogens with zero attached hydrogens (tertiary/aromatic N) is 1. The first-order valence-corrected chi connectivity index (χ1v) is 7.18. The molecule has 0 aliphatic carbocycles. The van der Waals surface area contributed by atoms with Crippen LogP contribution in [0.1, 0.15) is 23.2 Å². The summed E-state index contributed by atoms with van der Waals surface area (Å²) >= 11 is 0. The first-order valence-electron chi connectivity index (χ1n) is 7.18. The third kappa shape index (κ3) is 3.72. The lowest BCUT2D eigenvalue weighted by atomic mass is 9.96. The molecule has 0 spiro atoms. The van der Waals surface area contributed by atoms with Gasteiger partial charge in [-0.3, -0.25) is 9.59 Å². The summed E-state index contributed by atoms with van der Waals surface area (Å²) in [4.78, 5) is 26.0. The van der Waals surface area contributed by atoms with Crippen LogP contribution in [0, 0.1) is 5.92 Å². The van der Waals surface area contributed by atoms with Crippen molar-refractivity contribution >= 4 is 11.8 Å². The van der Waals surface area contributed by atoms with Crippen molar-refractivity contribution in [3.63, 3.8) is 0 Å². The summed E-state index contributed by atoms with van der Waals surface area (Å²) in [7, 11) is 0. The molecule has 1 fully saturated rings. The molecule has 114 valence electrons. The van der Waals surface area contributed by atoms with Crippen LogP contribution in [0.25, 0.3) is 0 Å². The molecule has 0 saturated carbocycles. The molecule has 1 heterocycles. The third-order valence-electron chi connectivity index (χ3n) is 3.66. The monoisotopic (exact) mass is 291 g/mol. The van der Waals surface area contributed by atoms with Crippen LogP contribution in [-0.2, 0) is 4.79 Å². The lowest BCUT2D eigenvalue weighted by Crippen LogP contribution is -2.46. The van der Waals surface area contributed by atoms with Crippen LogP contribution < -0.4 is 11.1 Å². The molecule has 1 aliphatic heterocycles. The van der Waals surface area contributed by atoms with Crippen molar-refractivity contribution in [1.29, 1.82) is 0 Å². The lowest BCUT2D eigenvalue weighted by molar-refractivity contribution is -0.126. The fourth-order valence-electron chi connectivity index (χ4n) is 2.54. The molecule has 6 nitrogen and oxygen atoms in total. The van der Waals surface area contributed by atoms with E-state index in [2.05, 4.69) is 5.32 Å². The van der Waals surface area contributed by atoms with Gasteiger partial charge in [-0.1, -0.05) is 12.1 Å². The van der Waals surface area contributed by atoms with E-state index in [4.69, 9.17) is 5.73 Å². The summed E-state index contributed by atoms with van der Waals surface area (Å²) in [6, 6.07) is 6.46. The molecule has 0 bridgehead atoms. The van der Waals surface area contributed by atoms with Gasteiger partial charge in [-0.25, -0.2) is 0 Å². The molecule has 2 rings (SSSR count). The molecule has 0 radical (unpaired) electrons. The highest BCUT2D eigenvalue weighted by molar-refractivity contribution is 5.97. The van der Waals surface area contributed by atoms with E-state index in [1.807, 2.05) is 0 Å². The molecule has 1 aliphatic rings. The standard InChI is InChI=1S/C15H21N3O3/c16-7-8-17-14(20)11-4-3-9-18(10-11)15(21)12-5-1-2-6-13(12)19/h1-2,5-6,11,19H,3-4,7-10,16H2,(H,17,20). The van der Waals surface area contributed by atoms with E-state index in [1.54, 1.807) is 23.1 Å². The normalized spacial score (nSPS) is 18.3. The van der Waals surface area contributed by atoms with Crippen molar-refractivity contribution in [3.05, 3.63) is 29.8 Å². The maximum Gasteiger partial charge on any atom is 0.257 e. The summed E-state index contributed by atoms with van der Waals surface area (Å²) in [5.41, 5.74) is 5.65. The van der Waals surface area contributed by atoms with E-state index in [9.17, 15) is 14.7 Å². The number of phenols is 1. The van der Waals surface area contributed by atoms with Gasteiger partial charge in [0, 0.05) is 26.2 Å². The number of nitrogens with two attached hydrogens (primary N) is 1. The molecule has 1 saturated heterocycles. The van der Waals surface area contributed by atoms with Crippen LogP contribution in [0.3, 0.4) is 0 Å². The number of amides is 2. The average Bonchev–Trinajstić information content (AvgIpc) is 2.52. The molecule has 2 amide bonds. The maximum atomic E-state index is 12.4. The Morgan fingerprint density at radius 2 is 2.14 bits per heavy atom. The maximum absolute atomic E-state index is 12.4. The molecule has 1 aromatic rings. The number of para-hydroxylation sites is 1. The predicted octanol–water partition coefficient (Wildman–Crippen LogP) is 0.319. The molecule has 6 heteroatoms. The number of hydrogen-bond acceptors (Lipinski definition) is 4. The quantitative estimate of drug-likeness (QED) is 0.744. The molecular formula is C15H21N3O3. The number of hydrogen-bond donors (Lipinski definition) is 3. The number of rotatable bonds is 4. The van der Waals surface area contributed by atoms with Gasteiger partial charge in [0.25, 0.3) is 5.91 Å². The zero-order valence-corrected chi connectivity index (χ0v) is 11.9. The summed E-state index contributed by atoms with van der Waals surface area (Å²) in [6.07, 6.45) is 1.54. The Labute approximate surface area is 123 Å². The van der Waals surface area contributed by atoms with Crippen molar-refractivity contribution in [2.24, 2.45) is 11.7 Å². The molecule has 0 aromatic heterocycles. The Morgan fingerprint density at radius 1 is 1.38 bits per heavy atom. The van der Waals surface area contributed by atoms with E-state index in [1.165, 1.54) is 6.07 Å². The van der Waals surface area contributed by atoms with Crippen LogP contribution >= 0.6 is 0 Å². The molecule has 21 heavy (non-hydrogen) atoms. The highest BCUT2D eigenvalue weighted by atomic mass is 16.3. The minimum Gasteiger partial charge on any atom is -0.507 e. The van der Waals surface area contributed by atoms with Crippen molar-refractivity contribution in [1.82, 2.24) is 10.2 Å². The summed E-state index contributed by atoms with van der Waals surface area (Å²) in [5, 5.41) is 12.5. The fourth-order valence-corrected chi connectivity index (χ4v) is 2.54. The second kappa shape index (κ2) is 7.08. The summed E-state index contributed by atoms with van der Waals surface area (Å²) in [5.74, 6) is -0.531. The molecular weight excluding hydrogens is 270 g/mol. The van der Waals surface area contributed by atoms with Gasteiger partial charge >= 0.3 is 0 Å². The van der Waals surface area contributed by atoms with E-state index in [-0.39, 0.29) is 29.0 Å². The number of phenolic OH excluding ortho intramolecular Hbond substituents is 1. The molecule has 1 unspecified atom stereocenters. The average molecular weight is 291 g/mol. The topological polar surface area (TPSA) is 95.7 Å². The van der Waals surface area contributed by atoms with Gasteiger partial charge in [0.05, 0.1) is 11.5 Å². The van der Waals surface area contributed by atoms with E-state index in [0.29, 0.717) is 26.2 Å². The SMILES string of the molecule is NCCNC(=O)C1CCCN(C(=O)c2ccccc2O)C1. The van der Waals surface area contributed by atoms with Gasteiger partial charge in [-0.2, -0.15) is 0 Å². The van der Waals surface area contributed by atoms with Gasteiger partial charge < -0.3 is 21.1 Å². The first-order chi connectivity index (χ1) is 10.1. The highest BCUT2D eigenvalue weighted by Gasteiger charge is 2.29. The second-order valence-corrected chi connectivity index (χ2v) is 5.19. The number of carbonyl (C=O) groups excluding carboxylic acids is 2.